The summed E-state index contributed by atoms with van der Waals surface area (Å²) in [6.45, 7) is 0.101. The first kappa shape index (κ1) is 16.3. The third-order valence-corrected chi connectivity index (χ3v) is 3.57. The van der Waals surface area contributed by atoms with Gasteiger partial charge in [-0.1, -0.05) is 0 Å². The van der Waals surface area contributed by atoms with Crippen LogP contribution in [0.5, 0.6) is 0 Å². The maximum Gasteiger partial charge on any atom is 0.333 e. The first-order chi connectivity index (χ1) is 10.3. The summed E-state index contributed by atoms with van der Waals surface area (Å²) in [4.78, 5) is 40.4. The number of aromatic nitrogens is 4. The Balaban J connectivity index is 2.01. The van der Waals surface area contributed by atoms with E-state index in [0.717, 1.165) is 0 Å². The molecule has 0 aliphatic rings. The molecule has 2 rings (SSSR count). The Hall–Kier alpha value is -2.07. The molecule has 0 radical (unpaired) electrons. The van der Waals surface area contributed by atoms with E-state index in [0.29, 0.717) is 11.2 Å². The van der Waals surface area contributed by atoms with Crippen molar-refractivity contribution in [3.63, 3.8) is 0 Å². The molecule has 11 nitrogen and oxygen atoms in total. The highest BCUT2D eigenvalue weighted by Gasteiger charge is 2.27. The third kappa shape index (κ3) is 3.98. The van der Waals surface area contributed by atoms with Crippen molar-refractivity contribution in [3.8, 4) is 0 Å². The highest BCUT2D eigenvalue weighted by molar-refractivity contribution is 7.51. The molecule has 1 unspecified atom stereocenters. The molecule has 1 atom stereocenters. The number of rotatable bonds is 7. The number of nitrogens with zero attached hydrogens (tertiary/aromatic N) is 4. The van der Waals surface area contributed by atoms with Crippen LogP contribution in [0, 0.1) is 0 Å². The van der Waals surface area contributed by atoms with Gasteiger partial charge in [0.2, 0.25) is 0 Å². The van der Waals surface area contributed by atoms with Crippen LogP contribution < -0.4 is 5.73 Å². The zero-order chi connectivity index (χ0) is 16.3. The van der Waals surface area contributed by atoms with Gasteiger partial charge in [0.05, 0.1) is 19.1 Å². The van der Waals surface area contributed by atoms with E-state index in [1.165, 1.54) is 12.7 Å². The lowest BCUT2D eigenvalue weighted by Crippen LogP contribution is -2.29. The number of carboxylic acids is 1. The quantitative estimate of drug-likeness (QED) is 0.463. The molecule has 22 heavy (non-hydrogen) atoms. The molecule has 0 aliphatic carbocycles. The van der Waals surface area contributed by atoms with Crippen LogP contribution in [0.15, 0.2) is 12.7 Å². The highest BCUT2D eigenvalue weighted by atomic mass is 31.2. The minimum absolute atomic E-state index is 0.0909. The number of carboxylic acid groups (broad SMARTS) is 1. The van der Waals surface area contributed by atoms with Crippen molar-refractivity contribution in [2.45, 2.75) is 12.6 Å². The largest absolute Gasteiger partial charge is 0.479 e. The zero-order valence-electron chi connectivity index (χ0n) is 11.2. The van der Waals surface area contributed by atoms with Crippen LogP contribution in [0.2, 0.25) is 0 Å². The fraction of sp³-hybridized carbons (Fsp3) is 0.400. The molecule has 0 bridgehead atoms. The molecule has 0 aromatic carbocycles. The van der Waals surface area contributed by atoms with Gasteiger partial charge >= 0.3 is 13.6 Å². The third-order valence-electron chi connectivity index (χ3n) is 2.76. The maximum atomic E-state index is 10.9. The molecule has 2 heterocycles. The van der Waals surface area contributed by atoms with Gasteiger partial charge in [-0.2, -0.15) is 0 Å². The molecular weight excluding hydrogens is 317 g/mol. The van der Waals surface area contributed by atoms with Crippen molar-refractivity contribution in [2.75, 3.05) is 18.5 Å². The average molecular weight is 331 g/mol. The van der Waals surface area contributed by atoms with Crippen LogP contribution in [-0.2, 0) is 20.6 Å². The second-order valence-corrected chi connectivity index (χ2v) is 6.11. The Morgan fingerprint density at radius 2 is 2.14 bits per heavy atom. The van der Waals surface area contributed by atoms with Gasteiger partial charge < -0.3 is 29.9 Å². The molecule has 0 spiro atoms. The summed E-state index contributed by atoms with van der Waals surface area (Å²) in [6, 6.07) is 0. The Kier molecular flexibility index (Phi) is 4.71. The molecular formula is C10H14N5O6P. The molecule has 0 saturated heterocycles. The van der Waals surface area contributed by atoms with Gasteiger partial charge in [-0.05, 0) is 0 Å². The molecule has 120 valence electrons. The molecule has 0 amide bonds. The summed E-state index contributed by atoms with van der Waals surface area (Å²) in [7, 11) is -4.48. The van der Waals surface area contributed by atoms with E-state index in [1.807, 2.05) is 0 Å². The first-order valence-electron chi connectivity index (χ1n) is 6.08. The smallest absolute Gasteiger partial charge is 0.333 e. The number of anilines is 1. The molecule has 0 aliphatic heterocycles. The zero-order valence-corrected chi connectivity index (χ0v) is 12.1. The fourth-order valence-corrected chi connectivity index (χ4v) is 2.47. The van der Waals surface area contributed by atoms with Crippen LogP contribution >= 0.6 is 7.60 Å². The van der Waals surface area contributed by atoms with Crippen LogP contribution in [-0.4, -0.2) is 59.3 Å². The van der Waals surface area contributed by atoms with E-state index in [2.05, 4.69) is 15.0 Å². The molecule has 5 N–H and O–H groups in total. The number of aliphatic carboxylic acids is 1. The van der Waals surface area contributed by atoms with E-state index in [-0.39, 0.29) is 19.0 Å². The average Bonchev–Trinajstić information content (AvgIpc) is 2.81. The van der Waals surface area contributed by atoms with Gasteiger partial charge in [0.1, 0.15) is 11.8 Å². The van der Waals surface area contributed by atoms with Crippen molar-refractivity contribution >= 4 is 30.5 Å². The standard InChI is InChI=1S/C10H14N5O6P/c11-8-7-9(13-4-12-8)15(5-14-7)1-2-21-6(10(16)17)3-22(18,19)20/h4-6H,1-3H2,(H,16,17)(H2,11,12,13)(H2,18,19,20). The summed E-state index contributed by atoms with van der Waals surface area (Å²) in [5, 5.41) is 8.88. The number of nitrogen functional groups attached to an aromatic ring is 1. The number of hydrogen-bond donors (Lipinski definition) is 4. The minimum atomic E-state index is -4.48. The van der Waals surface area contributed by atoms with Crippen molar-refractivity contribution in [1.29, 1.82) is 0 Å². The first-order valence-corrected chi connectivity index (χ1v) is 7.88. The lowest BCUT2D eigenvalue weighted by atomic mass is 10.4. The number of carbonyl (C=O) groups is 1. The SMILES string of the molecule is Nc1ncnc2c1ncn2CCOC(CP(=O)(O)O)C(=O)O. The van der Waals surface area contributed by atoms with Crippen LogP contribution in [0.25, 0.3) is 11.2 Å². The van der Waals surface area contributed by atoms with Gasteiger partial charge in [-0.25, -0.2) is 19.7 Å². The topological polar surface area (TPSA) is 174 Å². The number of ether oxygens (including phenoxy) is 1. The predicted octanol–water partition coefficient (Wildman–Crippen LogP) is -0.944. The van der Waals surface area contributed by atoms with Gasteiger partial charge in [0, 0.05) is 6.54 Å². The minimum Gasteiger partial charge on any atom is -0.479 e. The van der Waals surface area contributed by atoms with E-state index in [9.17, 15) is 9.36 Å². The van der Waals surface area contributed by atoms with E-state index in [1.54, 1.807) is 4.57 Å². The van der Waals surface area contributed by atoms with E-state index in [4.69, 9.17) is 25.4 Å². The summed E-state index contributed by atoms with van der Waals surface area (Å²) < 4.78 is 17.4. The van der Waals surface area contributed by atoms with Gasteiger partial charge in [0.15, 0.2) is 17.6 Å². The van der Waals surface area contributed by atoms with Gasteiger partial charge in [0.25, 0.3) is 0 Å². The van der Waals surface area contributed by atoms with E-state index >= 15 is 0 Å². The number of nitrogens with two attached hydrogens (primary N) is 1. The van der Waals surface area contributed by atoms with E-state index < -0.39 is 25.8 Å². The molecule has 2 aromatic rings. The number of fused-ring (bicyclic) bond motifs is 1. The molecule has 0 fully saturated rings. The number of hydrogen-bond acceptors (Lipinski definition) is 7. The monoisotopic (exact) mass is 331 g/mol. The Bertz CT molecular complexity index is 728. The predicted molar refractivity (Wildman–Crippen MR) is 74.0 cm³/mol. The Morgan fingerprint density at radius 1 is 1.41 bits per heavy atom. The van der Waals surface area contributed by atoms with Crippen molar-refractivity contribution in [1.82, 2.24) is 19.5 Å². The van der Waals surface area contributed by atoms with Gasteiger partial charge in [-0.15, -0.1) is 0 Å². The molecule has 2 aromatic heterocycles. The Labute approximate surface area is 123 Å². The maximum absolute atomic E-state index is 10.9. The molecule has 0 saturated carbocycles. The van der Waals surface area contributed by atoms with Crippen LogP contribution in [0.3, 0.4) is 0 Å². The fourth-order valence-electron chi connectivity index (χ4n) is 1.77. The van der Waals surface area contributed by atoms with Crippen molar-refractivity contribution < 1.29 is 29.0 Å². The lowest BCUT2D eigenvalue weighted by molar-refractivity contribution is -0.149. The summed E-state index contributed by atoms with van der Waals surface area (Å²) in [6.07, 6.45) is 0.236. The molecule has 12 heteroatoms. The second kappa shape index (κ2) is 6.36. The summed E-state index contributed by atoms with van der Waals surface area (Å²) >= 11 is 0. The van der Waals surface area contributed by atoms with Crippen molar-refractivity contribution in [3.05, 3.63) is 12.7 Å². The van der Waals surface area contributed by atoms with Crippen molar-refractivity contribution in [2.24, 2.45) is 0 Å². The summed E-state index contributed by atoms with van der Waals surface area (Å²) in [5.41, 5.74) is 6.50. The Morgan fingerprint density at radius 3 is 2.77 bits per heavy atom. The van der Waals surface area contributed by atoms with Crippen LogP contribution in [0.4, 0.5) is 5.82 Å². The second-order valence-electron chi connectivity index (χ2n) is 4.41. The summed E-state index contributed by atoms with van der Waals surface area (Å²) in [5.74, 6) is -1.22. The van der Waals surface area contributed by atoms with Gasteiger partial charge in [-0.3, -0.25) is 4.57 Å². The lowest BCUT2D eigenvalue weighted by Gasteiger charge is -2.14. The van der Waals surface area contributed by atoms with Crippen LogP contribution in [0.1, 0.15) is 0 Å². The normalized spacial score (nSPS) is 13.4. The highest BCUT2D eigenvalue weighted by Crippen LogP contribution is 2.35. The number of imidazole rings is 1.